The summed E-state index contributed by atoms with van der Waals surface area (Å²) in [5, 5.41) is 0. The van der Waals surface area contributed by atoms with Crippen molar-refractivity contribution in [2.45, 2.75) is 12.5 Å². The lowest BCUT2D eigenvalue weighted by Gasteiger charge is -2.07. The van der Waals surface area contributed by atoms with Gasteiger partial charge < -0.3 is 9.47 Å². The van der Waals surface area contributed by atoms with Crippen molar-refractivity contribution in [1.82, 2.24) is 0 Å². The zero-order valence-electron chi connectivity index (χ0n) is 5.60. The first kappa shape index (κ1) is 9.21. The SMILES string of the molecule is [CH2]COCC(Cl)OCC. The fourth-order valence-corrected chi connectivity index (χ4v) is 0.620. The largest absolute Gasteiger partial charge is 0.377 e. The van der Waals surface area contributed by atoms with E-state index in [2.05, 4.69) is 6.92 Å². The molecule has 0 aliphatic carbocycles. The van der Waals surface area contributed by atoms with Gasteiger partial charge in [0.1, 0.15) is 0 Å². The highest BCUT2D eigenvalue weighted by Crippen LogP contribution is 1.97. The summed E-state index contributed by atoms with van der Waals surface area (Å²) in [6, 6.07) is 0. The molecule has 0 aromatic rings. The molecule has 0 saturated carbocycles. The summed E-state index contributed by atoms with van der Waals surface area (Å²) in [4.78, 5) is 0. The summed E-state index contributed by atoms with van der Waals surface area (Å²) < 4.78 is 9.84. The van der Waals surface area contributed by atoms with Crippen molar-refractivity contribution in [2.75, 3.05) is 19.8 Å². The maximum Gasteiger partial charge on any atom is 0.154 e. The van der Waals surface area contributed by atoms with E-state index in [4.69, 9.17) is 21.1 Å². The fourth-order valence-electron chi connectivity index (χ4n) is 0.405. The molecule has 0 amide bonds. The van der Waals surface area contributed by atoms with E-state index in [1.165, 1.54) is 0 Å². The molecule has 0 spiro atoms. The third-order valence-corrected chi connectivity index (χ3v) is 0.993. The van der Waals surface area contributed by atoms with Gasteiger partial charge >= 0.3 is 0 Å². The highest BCUT2D eigenvalue weighted by Gasteiger charge is 2.00. The Bertz CT molecular complexity index is 59.0. The van der Waals surface area contributed by atoms with Gasteiger partial charge in [-0.3, -0.25) is 0 Å². The lowest BCUT2D eigenvalue weighted by atomic mass is 10.7. The number of halogens is 1. The minimum Gasteiger partial charge on any atom is -0.377 e. The standard InChI is InChI=1S/C6H12ClO2/c1-3-8-5-6(7)9-4-2/h6H,1,3-5H2,2H3. The smallest absolute Gasteiger partial charge is 0.154 e. The Labute approximate surface area is 61.1 Å². The Kier molecular flexibility index (Phi) is 6.48. The molecule has 55 valence electrons. The van der Waals surface area contributed by atoms with E-state index in [9.17, 15) is 0 Å². The molecule has 0 bridgehead atoms. The first-order chi connectivity index (χ1) is 4.31. The molecule has 0 aromatic carbocycles. The van der Waals surface area contributed by atoms with Gasteiger partial charge in [-0.15, -0.1) is 0 Å². The molecule has 1 unspecified atom stereocenters. The van der Waals surface area contributed by atoms with Gasteiger partial charge in [0.05, 0.1) is 6.61 Å². The van der Waals surface area contributed by atoms with E-state index in [1.54, 1.807) is 0 Å². The van der Waals surface area contributed by atoms with Crippen molar-refractivity contribution in [3.63, 3.8) is 0 Å². The Balaban J connectivity index is 2.95. The third-order valence-electron chi connectivity index (χ3n) is 0.741. The quantitative estimate of drug-likeness (QED) is 0.554. The summed E-state index contributed by atoms with van der Waals surface area (Å²) in [5.41, 5.74) is -0.322. The van der Waals surface area contributed by atoms with E-state index >= 15 is 0 Å². The third kappa shape index (κ3) is 6.09. The van der Waals surface area contributed by atoms with E-state index in [0.717, 1.165) is 0 Å². The van der Waals surface area contributed by atoms with Crippen LogP contribution in [-0.2, 0) is 9.47 Å². The van der Waals surface area contributed by atoms with Crippen LogP contribution in [0.4, 0.5) is 0 Å². The summed E-state index contributed by atoms with van der Waals surface area (Å²) in [5.74, 6) is 0. The van der Waals surface area contributed by atoms with Gasteiger partial charge in [-0.1, -0.05) is 11.6 Å². The zero-order chi connectivity index (χ0) is 7.11. The second-order valence-electron chi connectivity index (χ2n) is 1.44. The summed E-state index contributed by atoms with van der Waals surface area (Å²) in [7, 11) is 0. The lowest BCUT2D eigenvalue weighted by Crippen LogP contribution is -2.12. The van der Waals surface area contributed by atoms with Crippen molar-refractivity contribution in [3.8, 4) is 0 Å². The number of hydrogen-bond donors (Lipinski definition) is 0. The molecule has 0 aliphatic heterocycles. The minimum absolute atomic E-state index is 0.322. The van der Waals surface area contributed by atoms with Gasteiger partial charge in [0.2, 0.25) is 0 Å². The van der Waals surface area contributed by atoms with E-state index in [1.807, 2.05) is 6.92 Å². The van der Waals surface area contributed by atoms with Crippen molar-refractivity contribution in [1.29, 1.82) is 0 Å². The number of ether oxygens (including phenoxy) is 2. The van der Waals surface area contributed by atoms with Crippen LogP contribution in [0, 0.1) is 6.92 Å². The van der Waals surface area contributed by atoms with Crippen LogP contribution in [0.5, 0.6) is 0 Å². The second-order valence-corrected chi connectivity index (χ2v) is 1.93. The van der Waals surface area contributed by atoms with E-state index in [-0.39, 0.29) is 5.56 Å². The van der Waals surface area contributed by atoms with Crippen LogP contribution >= 0.6 is 11.6 Å². The Morgan fingerprint density at radius 1 is 1.67 bits per heavy atom. The van der Waals surface area contributed by atoms with Gasteiger partial charge in [-0.05, 0) is 13.8 Å². The molecule has 0 rings (SSSR count). The van der Waals surface area contributed by atoms with Crippen molar-refractivity contribution in [3.05, 3.63) is 6.92 Å². The predicted molar refractivity (Wildman–Crippen MR) is 37.4 cm³/mol. The van der Waals surface area contributed by atoms with Crippen LogP contribution in [0.1, 0.15) is 6.92 Å². The molecule has 3 heteroatoms. The maximum atomic E-state index is 5.58. The normalized spacial score (nSPS) is 13.7. The summed E-state index contributed by atoms with van der Waals surface area (Å²) >= 11 is 5.58. The molecule has 0 aromatic heterocycles. The van der Waals surface area contributed by atoms with Gasteiger partial charge in [0.15, 0.2) is 5.56 Å². The van der Waals surface area contributed by atoms with Crippen molar-refractivity contribution >= 4 is 11.6 Å². The average Bonchev–Trinajstić information content (AvgIpc) is 1.85. The van der Waals surface area contributed by atoms with Crippen LogP contribution in [-0.4, -0.2) is 25.4 Å². The van der Waals surface area contributed by atoms with E-state index < -0.39 is 0 Å². The lowest BCUT2D eigenvalue weighted by molar-refractivity contribution is 0.0397. The molecular weight excluding hydrogens is 140 g/mol. The average molecular weight is 152 g/mol. The molecule has 0 N–H and O–H groups in total. The van der Waals surface area contributed by atoms with Crippen molar-refractivity contribution < 1.29 is 9.47 Å². The number of alkyl halides is 1. The fraction of sp³-hybridized carbons (Fsp3) is 0.833. The number of hydrogen-bond acceptors (Lipinski definition) is 2. The highest BCUT2D eigenvalue weighted by molar-refractivity contribution is 6.19. The number of rotatable bonds is 5. The Hall–Kier alpha value is 0.210. The van der Waals surface area contributed by atoms with Crippen LogP contribution in [0.3, 0.4) is 0 Å². The van der Waals surface area contributed by atoms with Crippen molar-refractivity contribution in [2.24, 2.45) is 0 Å². The highest BCUT2D eigenvalue weighted by atomic mass is 35.5. The molecule has 1 radical (unpaired) electrons. The van der Waals surface area contributed by atoms with Gasteiger partial charge in [-0.25, -0.2) is 0 Å². The van der Waals surface area contributed by atoms with Crippen LogP contribution in [0.2, 0.25) is 0 Å². The molecule has 1 atom stereocenters. The van der Waals surface area contributed by atoms with Gasteiger partial charge in [0.25, 0.3) is 0 Å². The molecule has 2 nitrogen and oxygen atoms in total. The molecule has 0 aliphatic rings. The maximum absolute atomic E-state index is 5.58. The molecule has 0 fully saturated rings. The van der Waals surface area contributed by atoms with Crippen LogP contribution in [0.15, 0.2) is 0 Å². The Morgan fingerprint density at radius 2 is 2.33 bits per heavy atom. The molecule has 0 heterocycles. The monoisotopic (exact) mass is 151 g/mol. The second kappa shape index (κ2) is 6.33. The molecule has 9 heavy (non-hydrogen) atoms. The topological polar surface area (TPSA) is 18.5 Å². The minimum atomic E-state index is -0.322. The van der Waals surface area contributed by atoms with Gasteiger partial charge in [-0.2, -0.15) is 0 Å². The Morgan fingerprint density at radius 3 is 2.78 bits per heavy atom. The van der Waals surface area contributed by atoms with E-state index in [0.29, 0.717) is 19.8 Å². The zero-order valence-corrected chi connectivity index (χ0v) is 6.36. The summed E-state index contributed by atoms with van der Waals surface area (Å²) in [6.07, 6.45) is 0. The molecule has 0 saturated heterocycles. The predicted octanol–water partition coefficient (Wildman–Crippen LogP) is 1.44. The van der Waals surface area contributed by atoms with Gasteiger partial charge in [0, 0.05) is 13.2 Å². The first-order valence-electron chi connectivity index (χ1n) is 2.94. The molecular formula is C6H12ClO2. The van der Waals surface area contributed by atoms with Crippen LogP contribution in [0.25, 0.3) is 0 Å². The summed E-state index contributed by atoms with van der Waals surface area (Å²) in [6.45, 7) is 6.85. The first-order valence-corrected chi connectivity index (χ1v) is 3.37. The van der Waals surface area contributed by atoms with Crippen LogP contribution < -0.4 is 0 Å².